The molecule has 0 bridgehead atoms. The van der Waals surface area contributed by atoms with Crippen LogP contribution in [0.2, 0.25) is 0 Å². The summed E-state index contributed by atoms with van der Waals surface area (Å²) in [6.07, 6.45) is -0.261. The topological polar surface area (TPSA) is 141 Å². The minimum absolute atomic E-state index is 0.0314. The zero-order chi connectivity index (χ0) is 20.8. The number of amides is 3. The van der Waals surface area contributed by atoms with Crippen molar-refractivity contribution in [2.45, 2.75) is 46.1 Å². The Morgan fingerprint density at radius 1 is 0.926 bits per heavy atom. The molecule has 0 atom stereocenters. The van der Waals surface area contributed by atoms with E-state index in [1.807, 2.05) is 0 Å². The fraction of sp³-hybridized carbons (Fsp3) is 0.647. The van der Waals surface area contributed by atoms with Crippen LogP contribution in [-0.2, 0) is 23.9 Å². The third-order valence-electron chi connectivity index (χ3n) is 3.88. The first-order chi connectivity index (χ1) is 12.5. The van der Waals surface area contributed by atoms with Crippen LogP contribution in [0.15, 0.2) is 0 Å². The number of nitrogens with one attached hydrogen (secondary N) is 2. The fourth-order valence-corrected chi connectivity index (χ4v) is 2.53. The molecule has 10 heteroatoms. The molecule has 10 nitrogen and oxygen atoms in total. The number of hydrogen-bond acceptors (Lipinski definition) is 8. The highest BCUT2D eigenvalue weighted by atomic mass is 16.5. The van der Waals surface area contributed by atoms with Crippen LogP contribution in [-0.4, -0.2) is 76.9 Å². The summed E-state index contributed by atoms with van der Waals surface area (Å²) >= 11 is 0. The lowest BCUT2D eigenvalue weighted by molar-refractivity contribution is -0.144. The molecular formula is C17H26N4O6. The van der Waals surface area contributed by atoms with E-state index in [1.165, 1.54) is 18.7 Å². The molecule has 1 aliphatic heterocycles. The largest absolute Gasteiger partial charge is 0.464 e. The molecule has 2 N–H and O–H groups in total. The number of esters is 2. The van der Waals surface area contributed by atoms with Gasteiger partial charge in [0.2, 0.25) is 0 Å². The molecule has 0 spiro atoms. The Hall–Kier alpha value is -2.78. The SMILES string of the molecule is CC(=N)CC(=O)OCCN1C(=O)N(CCOC(=O)CC(C)=N)C(C)(C)C1=O. The van der Waals surface area contributed by atoms with Crippen LogP contribution in [0.4, 0.5) is 4.79 Å². The number of hydrogen-bond donors (Lipinski definition) is 2. The van der Waals surface area contributed by atoms with Crippen molar-refractivity contribution in [3.8, 4) is 0 Å². The van der Waals surface area contributed by atoms with Gasteiger partial charge < -0.3 is 25.2 Å². The summed E-state index contributed by atoms with van der Waals surface area (Å²) in [5, 5.41) is 14.5. The second kappa shape index (κ2) is 9.24. The highest BCUT2D eigenvalue weighted by molar-refractivity contribution is 6.06. The Labute approximate surface area is 157 Å². The maximum atomic E-state index is 12.5. The van der Waals surface area contributed by atoms with Crippen molar-refractivity contribution in [3.05, 3.63) is 0 Å². The third-order valence-corrected chi connectivity index (χ3v) is 3.88. The van der Waals surface area contributed by atoms with E-state index in [-0.39, 0.29) is 50.6 Å². The summed E-state index contributed by atoms with van der Waals surface area (Å²) in [4.78, 5) is 50.2. The maximum absolute atomic E-state index is 12.5. The average molecular weight is 382 g/mol. The van der Waals surface area contributed by atoms with Gasteiger partial charge in [0.15, 0.2) is 0 Å². The fourth-order valence-electron chi connectivity index (χ4n) is 2.53. The molecule has 0 unspecified atom stereocenters. The Morgan fingerprint density at radius 2 is 1.37 bits per heavy atom. The van der Waals surface area contributed by atoms with E-state index in [9.17, 15) is 19.2 Å². The van der Waals surface area contributed by atoms with Crippen LogP contribution in [0, 0.1) is 10.8 Å². The Balaban J connectivity index is 2.59. The van der Waals surface area contributed by atoms with Gasteiger partial charge in [-0.15, -0.1) is 0 Å². The molecule has 27 heavy (non-hydrogen) atoms. The summed E-state index contributed by atoms with van der Waals surface area (Å²) in [5.41, 5.74) is -0.781. The van der Waals surface area contributed by atoms with Gasteiger partial charge in [0, 0.05) is 11.4 Å². The van der Waals surface area contributed by atoms with E-state index in [1.54, 1.807) is 13.8 Å². The summed E-state index contributed by atoms with van der Waals surface area (Å²) in [6.45, 7) is 5.84. The monoisotopic (exact) mass is 382 g/mol. The standard InChI is InChI=1S/C17H26N4O6/c1-11(18)9-13(22)26-7-5-20-15(24)17(3,4)21(16(20)25)6-8-27-14(23)10-12(2)19/h18-19H,5-10H2,1-4H3. The lowest BCUT2D eigenvalue weighted by Crippen LogP contribution is -2.45. The molecule has 1 saturated heterocycles. The molecule has 0 aromatic heterocycles. The van der Waals surface area contributed by atoms with Gasteiger partial charge in [-0.05, 0) is 27.7 Å². The lowest BCUT2D eigenvalue weighted by Gasteiger charge is -2.27. The molecule has 3 amide bonds. The predicted octanol–water partition coefficient (Wildman–Crippen LogP) is 0.975. The highest BCUT2D eigenvalue weighted by Crippen LogP contribution is 2.27. The maximum Gasteiger partial charge on any atom is 0.327 e. The summed E-state index contributed by atoms with van der Waals surface area (Å²) in [5.74, 6) is -1.59. The molecule has 1 aliphatic rings. The van der Waals surface area contributed by atoms with Gasteiger partial charge in [0.25, 0.3) is 5.91 Å². The van der Waals surface area contributed by atoms with Gasteiger partial charge in [-0.1, -0.05) is 0 Å². The number of nitrogens with zero attached hydrogens (tertiary/aromatic N) is 2. The first-order valence-electron chi connectivity index (χ1n) is 8.49. The molecule has 0 aliphatic carbocycles. The van der Waals surface area contributed by atoms with Gasteiger partial charge in [0.1, 0.15) is 18.8 Å². The van der Waals surface area contributed by atoms with E-state index in [0.29, 0.717) is 0 Å². The highest BCUT2D eigenvalue weighted by Gasteiger charge is 2.50. The molecule has 1 rings (SSSR count). The second-order valence-corrected chi connectivity index (χ2v) is 6.81. The van der Waals surface area contributed by atoms with Crippen molar-refractivity contribution in [2.24, 2.45) is 0 Å². The first-order valence-corrected chi connectivity index (χ1v) is 8.49. The van der Waals surface area contributed by atoms with Crippen LogP contribution in [0.5, 0.6) is 0 Å². The zero-order valence-electron chi connectivity index (χ0n) is 16.1. The Kier molecular flexibility index (Phi) is 7.62. The predicted molar refractivity (Wildman–Crippen MR) is 95.8 cm³/mol. The normalized spacial score (nSPS) is 15.7. The Morgan fingerprint density at radius 3 is 1.81 bits per heavy atom. The number of ether oxygens (including phenoxy) is 2. The van der Waals surface area contributed by atoms with Crippen molar-refractivity contribution >= 4 is 35.3 Å². The number of carbonyl (C=O) groups is 4. The number of carbonyl (C=O) groups excluding carboxylic acids is 4. The van der Waals surface area contributed by atoms with Gasteiger partial charge in [-0.2, -0.15) is 0 Å². The van der Waals surface area contributed by atoms with Crippen molar-refractivity contribution in [1.82, 2.24) is 9.80 Å². The van der Waals surface area contributed by atoms with Crippen LogP contribution >= 0.6 is 0 Å². The summed E-state index contributed by atoms with van der Waals surface area (Å²) < 4.78 is 9.91. The van der Waals surface area contributed by atoms with Crippen LogP contribution in [0.3, 0.4) is 0 Å². The van der Waals surface area contributed by atoms with E-state index < -0.39 is 29.4 Å². The smallest absolute Gasteiger partial charge is 0.327 e. The molecule has 0 aromatic rings. The number of rotatable bonds is 10. The molecule has 150 valence electrons. The molecular weight excluding hydrogens is 356 g/mol. The van der Waals surface area contributed by atoms with Crippen LogP contribution < -0.4 is 0 Å². The molecule has 1 heterocycles. The van der Waals surface area contributed by atoms with E-state index >= 15 is 0 Å². The first kappa shape index (κ1) is 22.3. The Bertz CT molecular complexity index is 658. The minimum atomic E-state index is -1.11. The summed E-state index contributed by atoms with van der Waals surface area (Å²) in [7, 11) is 0. The molecule has 0 radical (unpaired) electrons. The molecule has 0 saturated carbocycles. The van der Waals surface area contributed by atoms with Gasteiger partial charge in [-0.25, -0.2) is 4.79 Å². The molecule has 1 fully saturated rings. The third kappa shape index (κ3) is 6.15. The molecule has 0 aromatic carbocycles. The summed E-state index contributed by atoms with van der Waals surface area (Å²) in [6, 6.07) is -0.552. The van der Waals surface area contributed by atoms with Crippen LogP contribution in [0.25, 0.3) is 0 Å². The van der Waals surface area contributed by atoms with Gasteiger partial charge in [-0.3, -0.25) is 19.3 Å². The van der Waals surface area contributed by atoms with Gasteiger partial charge in [0.05, 0.1) is 25.9 Å². The number of imide groups is 1. The average Bonchev–Trinajstić information content (AvgIpc) is 2.67. The minimum Gasteiger partial charge on any atom is -0.464 e. The number of urea groups is 1. The van der Waals surface area contributed by atoms with Gasteiger partial charge >= 0.3 is 18.0 Å². The van der Waals surface area contributed by atoms with E-state index in [4.69, 9.17) is 20.3 Å². The van der Waals surface area contributed by atoms with Crippen molar-refractivity contribution in [3.63, 3.8) is 0 Å². The lowest BCUT2D eigenvalue weighted by atomic mass is 10.0. The van der Waals surface area contributed by atoms with E-state index in [0.717, 1.165) is 4.90 Å². The van der Waals surface area contributed by atoms with Crippen molar-refractivity contribution in [2.75, 3.05) is 26.3 Å². The quantitative estimate of drug-likeness (QED) is 0.328. The zero-order valence-corrected chi connectivity index (χ0v) is 16.1. The van der Waals surface area contributed by atoms with Crippen molar-refractivity contribution in [1.29, 1.82) is 10.8 Å². The van der Waals surface area contributed by atoms with Crippen molar-refractivity contribution < 1.29 is 28.7 Å². The van der Waals surface area contributed by atoms with E-state index in [2.05, 4.69) is 0 Å². The van der Waals surface area contributed by atoms with Crippen LogP contribution in [0.1, 0.15) is 40.5 Å². The second-order valence-electron chi connectivity index (χ2n) is 6.81.